The third-order valence-corrected chi connectivity index (χ3v) is 4.87. The Morgan fingerprint density at radius 1 is 1.28 bits per heavy atom. The standard InChI is InChI=1S/C20H19F2N3O4/c1-2-23(11-13-4-3-5-15(21)8-13)20(27)14-9-19(26)24(12-14)16-6-7-17(22)18(10-16)25(28)29/h3-8,10,14H,2,9,11-12H2,1H3. The predicted octanol–water partition coefficient (Wildman–Crippen LogP) is 3.27. The minimum atomic E-state index is -0.995. The van der Waals surface area contributed by atoms with Crippen molar-refractivity contribution in [1.82, 2.24) is 4.90 Å². The van der Waals surface area contributed by atoms with Gasteiger partial charge in [0.2, 0.25) is 17.6 Å². The van der Waals surface area contributed by atoms with Crippen LogP contribution in [0.1, 0.15) is 18.9 Å². The maximum Gasteiger partial charge on any atom is 0.306 e. The summed E-state index contributed by atoms with van der Waals surface area (Å²) in [7, 11) is 0. The normalized spacial score (nSPS) is 16.2. The molecule has 7 nitrogen and oxygen atoms in total. The van der Waals surface area contributed by atoms with Gasteiger partial charge in [-0.2, -0.15) is 4.39 Å². The maximum atomic E-state index is 13.6. The van der Waals surface area contributed by atoms with Crippen LogP contribution in [-0.4, -0.2) is 34.7 Å². The average Bonchev–Trinajstić information content (AvgIpc) is 3.07. The van der Waals surface area contributed by atoms with E-state index in [9.17, 15) is 28.5 Å². The topological polar surface area (TPSA) is 83.8 Å². The first-order valence-corrected chi connectivity index (χ1v) is 9.07. The molecule has 2 aromatic carbocycles. The molecule has 1 heterocycles. The van der Waals surface area contributed by atoms with Crippen LogP contribution in [0.25, 0.3) is 0 Å². The smallest absolute Gasteiger partial charge is 0.306 e. The molecule has 1 unspecified atom stereocenters. The summed E-state index contributed by atoms with van der Waals surface area (Å²) in [4.78, 5) is 38.2. The number of nitro benzene ring substituents is 1. The number of hydrogen-bond donors (Lipinski definition) is 0. The second-order valence-electron chi connectivity index (χ2n) is 6.78. The predicted molar refractivity (Wildman–Crippen MR) is 101 cm³/mol. The van der Waals surface area contributed by atoms with Crippen molar-refractivity contribution in [3.05, 3.63) is 69.8 Å². The van der Waals surface area contributed by atoms with Crippen LogP contribution in [0.3, 0.4) is 0 Å². The van der Waals surface area contributed by atoms with Gasteiger partial charge in [-0.05, 0) is 36.8 Å². The Morgan fingerprint density at radius 3 is 2.69 bits per heavy atom. The van der Waals surface area contributed by atoms with Crippen LogP contribution in [0.2, 0.25) is 0 Å². The molecule has 1 aliphatic rings. The summed E-state index contributed by atoms with van der Waals surface area (Å²) >= 11 is 0. The number of rotatable bonds is 6. The highest BCUT2D eigenvalue weighted by atomic mass is 19.1. The molecule has 0 aliphatic carbocycles. The van der Waals surface area contributed by atoms with Gasteiger partial charge in [0.15, 0.2) is 0 Å². The summed E-state index contributed by atoms with van der Waals surface area (Å²) in [6.07, 6.45) is -0.0519. The summed E-state index contributed by atoms with van der Waals surface area (Å²) in [5, 5.41) is 10.9. The van der Waals surface area contributed by atoms with Crippen molar-refractivity contribution in [3.63, 3.8) is 0 Å². The highest BCUT2D eigenvalue weighted by Gasteiger charge is 2.37. The van der Waals surface area contributed by atoms with E-state index >= 15 is 0 Å². The van der Waals surface area contributed by atoms with E-state index in [0.717, 1.165) is 12.1 Å². The lowest BCUT2D eigenvalue weighted by molar-refractivity contribution is -0.387. The lowest BCUT2D eigenvalue weighted by atomic mass is 10.1. The van der Waals surface area contributed by atoms with Gasteiger partial charge in [-0.1, -0.05) is 12.1 Å². The molecule has 1 atom stereocenters. The van der Waals surface area contributed by atoms with E-state index in [2.05, 4.69) is 0 Å². The fourth-order valence-corrected chi connectivity index (χ4v) is 3.39. The molecule has 0 bridgehead atoms. The van der Waals surface area contributed by atoms with Crippen molar-refractivity contribution in [1.29, 1.82) is 0 Å². The van der Waals surface area contributed by atoms with E-state index in [4.69, 9.17) is 0 Å². The van der Waals surface area contributed by atoms with Gasteiger partial charge < -0.3 is 9.80 Å². The van der Waals surface area contributed by atoms with E-state index in [1.54, 1.807) is 19.1 Å². The molecule has 2 amide bonds. The highest BCUT2D eigenvalue weighted by Crippen LogP contribution is 2.30. The molecule has 0 aromatic heterocycles. The minimum absolute atomic E-state index is 0.0418. The molecule has 152 valence electrons. The number of hydrogen-bond acceptors (Lipinski definition) is 4. The molecular weight excluding hydrogens is 384 g/mol. The monoisotopic (exact) mass is 403 g/mol. The van der Waals surface area contributed by atoms with Crippen LogP contribution in [0, 0.1) is 27.7 Å². The number of benzene rings is 2. The van der Waals surface area contributed by atoms with Crippen LogP contribution >= 0.6 is 0 Å². The lowest BCUT2D eigenvalue weighted by Gasteiger charge is -2.24. The van der Waals surface area contributed by atoms with Gasteiger partial charge in [0.05, 0.1) is 16.5 Å². The van der Waals surface area contributed by atoms with E-state index in [-0.39, 0.29) is 37.0 Å². The van der Waals surface area contributed by atoms with Crippen molar-refractivity contribution in [2.45, 2.75) is 19.9 Å². The second kappa shape index (κ2) is 8.34. The van der Waals surface area contributed by atoms with Crippen molar-refractivity contribution in [2.75, 3.05) is 18.0 Å². The fraction of sp³-hybridized carbons (Fsp3) is 0.300. The Morgan fingerprint density at radius 2 is 2.03 bits per heavy atom. The van der Waals surface area contributed by atoms with Gasteiger partial charge in [0.25, 0.3) is 0 Å². The Labute approximate surface area is 165 Å². The molecule has 0 saturated carbocycles. The molecule has 2 aromatic rings. The van der Waals surface area contributed by atoms with E-state index in [1.807, 2.05) is 0 Å². The Hall–Kier alpha value is -3.36. The molecule has 1 aliphatic heterocycles. The zero-order valence-electron chi connectivity index (χ0n) is 15.7. The van der Waals surface area contributed by atoms with Crippen molar-refractivity contribution >= 4 is 23.2 Å². The first kappa shape index (κ1) is 20.4. The summed E-state index contributed by atoms with van der Waals surface area (Å²) in [5.74, 6) is -2.66. The Bertz CT molecular complexity index is 966. The number of amides is 2. The van der Waals surface area contributed by atoms with Crippen LogP contribution in [0.15, 0.2) is 42.5 Å². The summed E-state index contributed by atoms with van der Waals surface area (Å²) < 4.78 is 27.0. The zero-order valence-corrected chi connectivity index (χ0v) is 15.7. The quantitative estimate of drug-likeness (QED) is 0.547. The summed E-state index contributed by atoms with van der Waals surface area (Å²) in [6, 6.07) is 9.13. The number of nitrogens with zero attached hydrogens (tertiary/aromatic N) is 3. The first-order valence-electron chi connectivity index (χ1n) is 9.07. The summed E-state index contributed by atoms with van der Waals surface area (Å²) in [5.41, 5.74) is 0.0773. The van der Waals surface area contributed by atoms with Crippen molar-refractivity contribution in [2.24, 2.45) is 5.92 Å². The van der Waals surface area contributed by atoms with Gasteiger partial charge in [-0.3, -0.25) is 19.7 Å². The van der Waals surface area contributed by atoms with E-state index in [1.165, 1.54) is 28.0 Å². The van der Waals surface area contributed by atoms with Gasteiger partial charge in [-0.25, -0.2) is 4.39 Å². The van der Waals surface area contributed by atoms with Gasteiger partial charge in [0.1, 0.15) is 5.82 Å². The molecule has 29 heavy (non-hydrogen) atoms. The van der Waals surface area contributed by atoms with Crippen LogP contribution in [0.4, 0.5) is 20.2 Å². The van der Waals surface area contributed by atoms with Gasteiger partial charge in [0, 0.05) is 32.1 Å². The molecule has 0 radical (unpaired) electrons. The number of anilines is 1. The third-order valence-electron chi connectivity index (χ3n) is 4.87. The van der Waals surface area contributed by atoms with Crippen LogP contribution in [-0.2, 0) is 16.1 Å². The molecule has 9 heteroatoms. The van der Waals surface area contributed by atoms with Crippen molar-refractivity contribution < 1.29 is 23.3 Å². The largest absolute Gasteiger partial charge is 0.338 e. The molecule has 0 N–H and O–H groups in total. The lowest BCUT2D eigenvalue weighted by Crippen LogP contribution is -2.37. The first-order chi connectivity index (χ1) is 13.8. The Balaban J connectivity index is 1.75. The molecule has 0 spiro atoms. The Kier molecular flexibility index (Phi) is 5.86. The number of carbonyl (C=O) groups excluding carboxylic acids is 2. The zero-order chi connectivity index (χ0) is 21.1. The molecule has 3 rings (SSSR count). The fourth-order valence-electron chi connectivity index (χ4n) is 3.39. The van der Waals surface area contributed by atoms with Crippen LogP contribution in [0.5, 0.6) is 0 Å². The molecule has 1 fully saturated rings. The van der Waals surface area contributed by atoms with Crippen LogP contribution < -0.4 is 4.90 Å². The average molecular weight is 403 g/mol. The van der Waals surface area contributed by atoms with Crippen molar-refractivity contribution in [3.8, 4) is 0 Å². The van der Waals surface area contributed by atoms with Gasteiger partial charge >= 0.3 is 5.69 Å². The molecular formula is C20H19F2N3O4. The van der Waals surface area contributed by atoms with E-state index < -0.39 is 28.2 Å². The summed E-state index contributed by atoms with van der Waals surface area (Å²) in [6.45, 7) is 2.41. The maximum absolute atomic E-state index is 13.6. The van der Waals surface area contributed by atoms with E-state index in [0.29, 0.717) is 12.1 Å². The third kappa shape index (κ3) is 4.39. The molecule has 1 saturated heterocycles. The van der Waals surface area contributed by atoms with Gasteiger partial charge in [-0.15, -0.1) is 0 Å². The SMILES string of the molecule is CCN(Cc1cccc(F)c1)C(=O)C1CC(=O)N(c2ccc(F)c([N+](=O)[O-])c2)C1. The highest BCUT2D eigenvalue weighted by molar-refractivity contribution is 6.00. The number of nitro groups is 1. The minimum Gasteiger partial charge on any atom is -0.338 e. The number of carbonyl (C=O) groups is 2. The second-order valence-corrected chi connectivity index (χ2v) is 6.78. The number of halogens is 2.